The summed E-state index contributed by atoms with van der Waals surface area (Å²) in [5.74, 6) is -0.0475. The molecule has 1 fully saturated rings. The number of anilines is 1. The molecule has 10 nitrogen and oxygen atoms in total. The minimum Gasteiger partial charge on any atom is -0.325 e. The van der Waals surface area contributed by atoms with Gasteiger partial charge in [-0.2, -0.15) is 9.78 Å². The molecule has 1 unspecified atom stereocenters. The van der Waals surface area contributed by atoms with Gasteiger partial charge in [-0.25, -0.2) is 0 Å². The molecule has 1 aliphatic rings. The largest absolute Gasteiger partial charge is 0.325 e. The fourth-order valence-corrected chi connectivity index (χ4v) is 3.25. The van der Waals surface area contributed by atoms with E-state index in [0.29, 0.717) is 17.9 Å². The zero-order valence-electron chi connectivity index (χ0n) is 14.9. The highest BCUT2D eigenvalue weighted by Gasteiger charge is 2.35. The van der Waals surface area contributed by atoms with Crippen LogP contribution in [0, 0.1) is 6.92 Å². The Bertz CT molecular complexity index is 981. The summed E-state index contributed by atoms with van der Waals surface area (Å²) in [5, 5.41) is 17.6. The van der Waals surface area contributed by atoms with Gasteiger partial charge in [0.2, 0.25) is 5.91 Å². The molecule has 0 saturated carbocycles. The summed E-state index contributed by atoms with van der Waals surface area (Å²) in [5.41, 5.74) is 2.21. The second-order valence-electron chi connectivity index (χ2n) is 6.46. The first-order valence-corrected chi connectivity index (χ1v) is 8.50. The van der Waals surface area contributed by atoms with Gasteiger partial charge in [-0.15, -0.1) is 5.10 Å². The van der Waals surface area contributed by atoms with E-state index in [1.54, 1.807) is 9.80 Å². The number of tetrazole rings is 1. The number of amides is 2. The second-order valence-corrected chi connectivity index (χ2v) is 6.46. The van der Waals surface area contributed by atoms with E-state index >= 15 is 0 Å². The number of piperazine rings is 1. The van der Waals surface area contributed by atoms with Gasteiger partial charge in [0.25, 0.3) is 5.91 Å². The third-order valence-corrected chi connectivity index (χ3v) is 4.68. The Morgan fingerprint density at radius 3 is 2.85 bits per heavy atom. The maximum Gasteiger partial charge on any atom is 0.260 e. The van der Waals surface area contributed by atoms with Gasteiger partial charge < -0.3 is 9.80 Å². The summed E-state index contributed by atoms with van der Waals surface area (Å²) in [6.07, 6.45) is 2.79. The molecule has 3 aromatic rings. The molecule has 10 heteroatoms. The van der Waals surface area contributed by atoms with Crippen molar-refractivity contribution in [2.75, 3.05) is 18.0 Å². The molecule has 0 spiro atoms. The van der Waals surface area contributed by atoms with Crippen molar-refractivity contribution in [3.63, 3.8) is 0 Å². The smallest absolute Gasteiger partial charge is 0.260 e. The van der Waals surface area contributed by atoms with E-state index in [2.05, 4.69) is 25.7 Å². The van der Waals surface area contributed by atoms with Crippen molar-refractivity contribution >= 4 is 17.5 Å². The van der Waals surface area contributed by atoms with Crippen LogP contribution >= 0.6 is 0 Å². The maximum absolute atomic E-state index is 13.1. The first kappa shape index (κ1) is 16.9. The molecule has 1 aromatic carbocycles. The quantitative estimate of drug-likeness (QED) is 0.725. The molecule has 0 bridgehead atoms. The first-order valence-electron chi connectivity index (χ1n) is 8.50. The maximum atomic E-state index is 13.1. The van der Waals surface area contributed by atoms with Crippen LogP contribution in [0.4, 0.5) is 5.69 Å². The van der Waals surface area contributed by atoms with E-state index in [9.17, 15) is 9.59 Å². The Morgan fingerprint density at radius 2 is 2.11 bits per heavy atom. The number of benzene rings is 1. The minimum atomic E-state index is -0.292. The zero-order valence-corrected chi connectivity index (χ0v) is 14.9. The van der Waals surface area contributed by atoms with Gasteiger partial charge in [-0.1, -0.05) is 18.2 Å². The number of aryl methyl sites for hydroxylation is 1. The van der Waals surface area contributed by atoms with Crippen LogP contribution in [0.5, 0.6) is 0 Å². The van der Waals surface area contributed by atoms with Crippen LogP contribution < -0.4 is 4.90 Å². The lowest BCUT2D eigenvalue weighted by atomic mass is 10.1. The molecule has 1 saturated heterocycles. The number of carbonyl (C=O) groups is 2. The predicted molar refractivity (Wildman–Crippen MR) is 95.3 cm³/mol. The fraction of sp³-hybridized carbons (Fsp3) is 0.294. The van der Waals surface area contributed by atoms with E-state index in [4.69, 9.17) is 0 Å². The molecule has 1 atom stereocenters. The van der Waals surface area contributed by atoms with Gasteiger partial charge in [-0.05, 0) is 35.9 Å². The van der Waals surface area contributed by atoms with Crippen molar-refractivity contribution in [1.29, 1.82) is 0 Å². The first-order chi connectivity index (χ1) is 13.1. The van der Waals surface area contributed by atoms with Crippen LogP contribution in [0.2, 0.25) is 0 Å². The number of nitrogens with one attached hydrogen (secondary N) is 1. The molecular weight excluding hydrogens is 348 g/mol. The highest BCUT2D eigenvalue weighted by molar-refractivity contribution is 6.03. The molecule has 1 N–H and O–H groups in total. The number of hydrogen-bond acceptors (Lipinski definition) is 6. The number of carbonyl (C=O) groups excluding carboxylic acids is 2. The highest BCUT2D eigenvalue weighted by Crippen LogP contribution is 2.25. The fourth-order valence-electron chi connectivity index (χ4n) is 3.25. The van der Waals surface area contributed by atoms with Crippen LogP contribution in [0.1, 0.15) is 22.8 Å². The number of aromatic nitrogens is 6. The van der Waals surface area contributed by atoms with Crippen LogP contribution in [-0.4, -0.2) is 66.3 Å². The molecule has 2 aromatic heterocycles. The Balaban J connectivity index is 1.58. The van der Waals surface area contributed by atoms with Crippen molar-refractivity contribution in [1.82, 2.24) is 35.3 Å². The molecule has 0 radical (unpaired) electrons. The summed E-state index contributed by atoms with van der Waals surface area (Å²) in [7, 11) is 0. The van der Waals surface area contributed by atoms with Gasteiger partial charge in [-0.3, -0.25) is 14.7 Å². The molecule has 4 rings (SSSR count). The molecule has 138 valence electrons. The Hall–Kier alpha value is -3.56. The Morgan fingerprint density at radius 1 is 1.30 bits per heavy atom. The number of nitrogens with zero attached hydrogens (tertiary/aromatic N) is 7. The van der Waals surface area contributed by atoms with E-state index in [-0.39, 0.29) is 24.4 Å². The zero-order chi connectivity index (χ0) is 19.0. The van der Waals surface area contributed by atoms with Crippen molar-refractivity contribution in [2.45, 2.75) is 19.9 Å². The van der Waals surface area contributed by atoms with Gasteiger partial charge in [0.05, 0.1) is 6.20 Å². The summed E-state index contributed by atoms with van der Waals surface area (Å²) >= 11 is 0. The topological polar surface area (TPSA) is 113 Å². The van der Waals surface area contributed by atoms with Gasteiger partial charge in [0.15, 0.2) is 5.82 Å². The second kappa shape index (κ2) is 6.63. The number of hydrogen-bond donors (Lipinski definition) is 1. The summed E-state index contributed by atoms with van der Waals surface area (Å²) in [6.45, 7) is 4.31. The average molecular weight is 366 g/mol. The number of aromatic amines is 1. The lowest BCUT2D eigenvalue weighted by Gasteiger charge is -2.39. The predicted octanol–water partition coefficient (Wildman–Crippen LogP) is 0.571. The van der Waals surface area contributed by atoms with Crippen molar-refractivity contribution in [2.24, 2.45) is 0 Å². The summed E-state index contributed by atoms with van der Waals surface area (Å²) in [4.78, 5) is 29.1. The van der Waals surface area contributed by atoms with Gasteiger partial charge in [0, 0.05) is 18.3 Å². The molecule has 1 aliphatic heterocycles. The van der Waals surface area contributed by atoms with Crippen molar-refractivity contribution < 1.29 is 9.59 Å². The standard InChI is InChI=1S/C17H18N8O2/c1-11-5-3-4-6-14(11)24-8-12(2)23(9-15(24)26)17(27)13-7-18-20-16(13)25-10-19-21-22-25/h3-7,10,12H,8-9H2,1-2H3,(H,18,20). The van der Waals surface area contributed by atoms with E-state index < -0.39 is 0 Å². The number of H-pyrrole nitrogens is 1. The van der Waals surface area contributed by atoms with Crippen LogP contribution in [-0.2, 0) is 4.79 Å². The lowest BCUT2D eigenvalue weighted by Crippen LogP contribution is -2.57. The molecule has 0 aliphatic carbocycles. The molecule has 27 heavy (non-hydrogen) atoms. The van der Waals surface area contributed by atoms with Crippen molar-refractivity contribution in [3.8, 4) is 5.82 Å². The van der Waals surface area contributed by atoms with E-state index in [1.807, 2.05) is 38.1 Å². The molecule has 3 heterocycles. The average Bonchev–Trinajstić information content (AvgIpc) is 3.34. The molecular formula is C17H18N8O2. The van der Waals surface area contributed by atoms with Crippen LogP contribution in [0.15, 0.2) is 36.8 Å². The minimum absolute atomic E-state index is 0.00540. The third kappa shape index (κ3) is 2.94. The van der Waals surface area contributed by atoms with E-state index in [0.717, 1.165) is 11.3 Å². The Labute approximate surface area is 154 Å². The van der Waals surface area contributed by atoms with Crippen LogP contribution in [0.25, 0.3) is 5.82 Å². The van der Waals surface area contributed by atoms with Crippen LogP contribution in [0.3, 0.4) is 0 Å². The SMILES string of the molecule is Cc1ccccc1N1CC(C)N(C(=O)c2cn[nH]c2-n2cnnn2)CC1=O. The number of rotatable bonds is 3. The van der Waals surface area contributed by atoms with Gasteiger partial charge in [0.1, 0.15) is 18.4 Å². The summed E-state index contributed by atoms with van der Waals surface area (Å²) < 4.78 is 1.33. The lowest BCUT2D eigenvalue weighted by molar-refractivity contribution is -0.121. The van der Waals surface area contributed by atoms with E-state index in [1.165, 1.54) is 17.2 Å². The number of para-hydroxylation sites is 1. The monoisotopic (exact) mass is 366 g/mol. The Kier molecular flexibility index (Phi) is 4.15. The molecule has 2 amide bonds. The summed E-state index contributed by atoms with van der Waals surface area (Å²) in [6, 6.07) is 7.57. The van der Waals surface area contributed by atoms with Crippen molar-refractivity contribution in [3.05, 3.63) is 47.9 Å². The normalized spacial score (nSPS) is 17.4. The highest BCUT2D eigenvalue weighted by atomic mass is 16.2. The third-order valence-electron chi connectivity index (χ3n) is 4.68. The van der Waals surface area contributed by atoms with Gasteiger partial charge >= 0.3 is 0 Å².